The van der Waals surface area contributed by atoms with Gasteiger partial charge in [-0.3, -0.25) is 4.68 Å². The van der Waals surface area contributed by atoms with Crippen LogP contribution in [0.25, 0.3) is 21.3 Å². The number of nitrogens with one attached hydrogen (secondary N) is 1. The van der Waals surface area contributed by atoms with Gasteiger partial charge in [-0.1, -0.05) is 12.1 Å². The molecule has 3 heterocycles. The van der Waals surface area contributed by atoms with E-state index in [9.17, 15) is 0 Å². The van der Waals surface area contributed by atoms with E-state index in [2.05, 4.69) is 56.3 Å². The van der Waals surface area contributed by atoms with E-state index in [1.165, 1.54) is 10.5 Å². The second-order valence-corrected chi connectivity index (χ2v) is 7.44. The quantitative estimate of drug-likeness (QED) is 0.522. The van der Waals surface area contributed by atoms with Crippen LogP contribution in [0.3, 0.4) is 0 Å². The molecule has 0 aliphatic rings. The van der Waals surface area contributed by atoms with E-state index < -0.39 is 0 Å². The van der Waals surface area contributed by atoms with Crippen molar-refractivity contribution in [2.45, 2.75) is 11.8 Å². The number of rotatable bonds is 4. The summed E-state index contributed by atoms with van der Waals surface area (Å²) in [7, 11) is 1.92. The van der Waals surface area contributed by atoms with Gasteiger partial charge in [0.2, 0.25) is 0 Å². The summed E-state index contributed by atoms with van der Waals surface area (Å²) in [5.41, 5.74) is 3.29. The second kappa shape index (κ2) is 6.50. The first-order valence-electron chi connectivity index (χ1n) is 7.80. The number of thioether (sulfide) groups is 1. The monoisotopic (exact) mass is 367 g/mol. The molecule has 0 atom stereocenters. The summed E-state index contributed by atoms with van der Waals surface area (Å²) < 4.78 is 1.82. The molecule has 0 fully saturated rings. The molecule has 0 saturated heterocycles. The highest BCUT2D eigenvalue weighted by Crippen LogP contribution is 2.38. The molecule has 0 amide bonds. The third-order valence-electron chi connectivity index (χ3n) is 4.00. The lowest BCUT2D eigenvalue weighted by Crippen LogP contribution is -2.01. The Labute approximate surface area is 154 Å². The van der Waals surface area contributed by atoms with Gasteiger partial charge in [0, 0.05) is 29.0 Å². The highest BCUT2D eigenvalue weighted by molar-refractivity contribution is 7.98. The number of aryl methyl sites for hydroxylation is 2. The van der Waals surface area contributed by atoms with E-state index in [0.29, 0.717) is 0 Å². The molecule has 0 bridgehead atoms. The van der Waals surface area contributed by atoms with E-state index in [1.54, 1.807) is 29.4 Å². The molecule has 4 rings (SSSR count). The summed E-state index contributed by atoms with van der Waals surface area (Å²) in [6, 6.07) is 10.6. The molecule has 1 aromatic carbocycles. The minimum absolute atomic E-state index is 0.804. The van der Waals surface area contributed by atoms with Crippen LogP contribution in [0.4, 0.5) is 11.6 Å². The number of aromatic nitrogens is 4. The molecule has 0 radical (unpaired) electrons. The van der Waals surface area contributed by atoms with Crippen molar-refractivity contribution in [3.63, 3.8) is 0 Å². The average Bonchev–Trinajstić information content (AvgIpc) is 3.19. The van der Waals surface area contributed by atoms with Crippen molar-refractivity contribution in [2.75, 3.05) is 11.6 Å². The first-order chi connectivity index (χ1) is 12.2. The number of hydrogen-bond donors (Lipinski definition) is 1. The Balaban J connectivity index is 1.85. The fraction of sp³-hybridized carbons (Fsp3) is 0.167. The molecule has 126 valence electrons. The Kier molecular flexibility index (Phi) is 4.19. The molecular formula is C18H17N5S2. The summed E-state index contributed by atoms with van der Waals surface area (Å²) >= 11 is 3.38. The van der Waals surface area contributed by atoms with Gasteiger partial charge in [-0.05, 0) is 30.9 Å². The van der Waals surface area contributed by atoms with Crippen molar-refractivity contribution < 1.29 is 0 Å². The zero-order valence-corrected chi connectivity index (χ0v) is 15.8. The van der Waals surface area contributed by atoms with Gasteiger partial charge in [0.15, 0.2) is 0 Å². The van der Waals surface area contributed by atoms with Gasteiger partial charge in [0.25, 0.3) is 0 Å². The van der Waals surface area contributed by atoms with E-state index in [4.69, 9.17) is 0 Å². The lowest BCUT2D eigenvalue weighted by atomic mass is 10.1. The Morgan fingerprint density at radius 2 is 2.08 bits per heavy atom. The third-order valence-corrected chi connectivity index (χ3v) is 5.61. The molecule has 4 aromatic rings. The molecule has 25 heavy (non-hydrogen) atoms. The van der Waals surface area contributed by atoms with Gasteiger partial charge in [-0.2, -0.15) is 5.10 Å². The fourth-order valence-corrected chi connectivity index (χ4v) is 4.20. The largest absolute Gasteiger partial charge is 0.324 e. The van der Waals surface area contributed by atoms with Crippen LogP contribution in [0.1, 0.15) is 5.69 Å². The van der Waals surface area contributed by atoms with E-state index in [-0.39, 0.29) is 0 Å². The van der Waals surface area contributed by atoms with Gasteiger partial charge < -0.3 is 5.32 Å². The molecule has 0 saturated carbocycles. The van der Waals surface area contributed by atoms with Crippen molar-refractivity contribution in [3.05, 3.63) is 47.7 Å². The van der Waals surface area contributed by atoms with E-state index in [1.807, 2.05) is 24.7 Å². The molecule has 0 spiro atoms. The topological polar surface area (TPSA) is 55.6 Å². The van der Waals surface area contributed by atoms with Crippen molar-refractivity contribution in [2.24, 2.45) is 7.05 Å². The smallest absolute Gasteiger partial charge is 0.144 e. The van der Waals surface area contributed by atoms with Crippen LogP contribution >= 0.6 is 23.1 Å². The number of fused-ring (bicyclic) bond motifs is 1. The lowest BCUT2D eigenvalue weighted by molar-refractivity contribution is 0.764. The summed E-state index contributed by atoms with van der Waals surface area (Å²) in [6.07, 6.45) is 3.69. The highest BCUT2D eigenvalue weighted by atomic mass is 32.2. The molecule has 0 unspecified atom stereocenters. The molecule has 0 aliphatic heterocycles. The molecule has 5 nitrogen and oxygen atoms in total. The standard InChI is InChI=1S/C18H17N5S2/c1-11-7-15(23(2)22-11)21-17-16-14(9-25-18(16)20-10-19-17)12-5-4-6-13(8-12)24-3/h4-10H,1-3H3,(H,19,20,21). The summed E-state index contributed by atoms with van der Waals surface area (Å²) in [6.45, 7) is 1.98. The molecule has 1 N–H and O–H groups in total. The van der Waals surface area contributed by atoms with Crippen molar-refractivity contribution in [1.29, 1.82) is 0 Å². The maximum absolute atomic E-state index is 4.49. The minimum Gasteiger partial charge on any atom is -0.324 e. The number of thiophene rings is 1. The Bertz CT molecular complexity index is 1050. The van der Waals surface area contributed by atoms with Crippen LogP contribution < -0.4 is 5.32 Å². The maximum Gasteiger partial charge on any atom is 0.144 e. The predicted molar refractivity (Wildman–Crippen MR) is 106 cm³/mol. The van der Waals surface area contributed by atoms with E-state index in [0.717, 1.165) is 33.1 Å². The van der Waals surface area contributed by atoms with Crippen LogP contribution in [-0.4, -0.2) is 26.0 Å². The van der Waals surface area contributed by atoms with Crippen molar-refractivity contribution >= 4 is 45.0 Å². The average molecular weight is 368 g/mol. The zero-order valence-electron chi connectivity index (χ0n) is 14.1. The SMILES string of the molecule is CSc1cccc(-c2csc3ncnc(Nc4cc(C)nn4C)c23)c1. The predicted octanol–water partition coefficient (Wildman–Crippen LogP) is 4.87. The number of hydrogen-bond acceptors (Lipinski definition) is 6. The lowest BCUT2D eigenvalue weighted by Gasteiger charge is -2.09. The van der Waals surface area contributed by atoms with E-state index >= 15 is 0 Å². The Hall–Kier alpha value is -2.38. The summed E-state index contributed by atoms with van der Waals surface area (Å²) in [4.78, 5) is 11.1. The van der Waals surface area contributed by atoms with Crippen LogP contribution in [0.15, 0.2) is 46.9 Å². The number of anilines is 2. The van der Waals surface area contributed by atoms with Crippen LogP contribution in [0.2, 0.25) is 0 Å². The van der Waals surface area contributed by atoms with Crippen molar-refractivity contribution in [1.82, 2.24) is 19.7 Å². The fourth-order valence-electron chi connectivity index (χ4n) is 2.82. The molecule has 7 heteroatoms. The van der Waals surface area contributed by atoms with Gasteiger partial charge in [0.1, 0.15) is 22.8 Å². The van der Waals surface area contributed by atoms with Gasteiger partial charge in [-0.15, -0.1) is 23.1 Å². The second-order valence-electron chi connectivity index (χ2n) is 5.70. The Morgan fingerprint density at radius 3 is 2.84 bits per heavy atom. The summed E-state index contributed by atoms with van der Waals surface area (Å²) in [5.74, 6) is 1.71. The molecule has 0 aliphatic carbocycles. The first kappa shape index (κ1) is 16.1. The third kappa shape index (κ3) is 3.01. The minimum atomic E-state index is 0.804. The summed E-state index contributed by atoms with van der Waals surface area (Å²) in [5, 5.41) is 11.0. The molecule has 3 aromatic heterocycles. The molecular weight excluding hydrogens is 350 g/mol. The van der Waals surface area contributed by atoms with Gasteiger partial charge >= 0.3 is 0 Å². The highest BCUT2D eigenvalue weighted by Gasteiger charge is 2.14. The van der Waals surface area contributed by atoms with Gasteiger partial charge in [0.05, 0.1) is 11.1 Å². The van der Waals surface area contributed by atoms with Crippen LogP contribution in [0.5, 0.6) is 0 Å². The van der Waals surface area contributed by atoms with Crippen LogP contribution in [0, 0.1) is 6.92 Å². The first-order valence-corrected chi connectivity index (χ1v) is 9.90. The maximum atomic E-state index is 4.49. The zero-order chi connectivity index (χ0) is 17.4. The normalized spacial score (nSPS) is 11.2. The number of nitrogens with zero attached hydrogens (tertiary/aromatic N) is 4. The van der Waals surface area contributed by atoms with Crippen molar-refractivity contribution in [3.8, 4) is 11.1 Å². The Morgan fingerprint density at radius 1 is 1.20 bits per heavy atom. The van der Waals surface area contributed by atoms with Crippen LogP contribution in [-0.2, 0) is 7.05 Å². The van der Waals surface area contributed by atoms with Gasteiger partial charge in [-0.25, -0.2) is 9.97 Å². The number of benzene rings is 1.